The fourth-order valence-electron chi connectivity index (χ4n) is 1.83. The Morgan fingerprint density at radius 3 is 3.06 bits per heavy atom. The van der Waals surface area contributed by atoms with E-state index in [1.165, 1.54) is 19.2 Å². The summed E-state index contributed by atoms with van der Waals surface area (Å²) in [5, 5.41) is 3.15. The van der Waals surface area contributed by atoms with Crippen LogP contribution in [0.15, 0.2) is 11.1 Å². The second-order valence-electron chi connectivity index (χ2n) is 4.59. The molecule has 1 aromatic heterocycles. The Kier molecular flexibility index (Phi) is 3.33. The predicted molar refractivity (Wildman–Crippen MR) is 65.9 cm³/mol. The van der Waals surface area contributed by atoms with Crippen LogP contribution in [0.1, 0.15) is 19.3 Å². The first-order valence-corrected chi connectivity index (χ1v) is 5.73. The van der Waals surface area contributed by atoms with Crippen molar-refractivity contribution in [2.45, 2.75) is 19.3 Å². The first-order chi connectivity index (χ1) is 8.17. The summed E-state index contributed by atoms with van der Waals surface area (Å²) < 4.78 is 5.09. The Labute approximate surface area is 99.6 Å². The van der Waals surface area contributed by atoms with E-state index in [2.05, 4.69) is 15.3 Å². The predicted octanol–water partition coefficient (Wildman–Crippen LogP) is 0.581. The van der Waals surface area contributed by atoms with E-state index in [0.29, 0.717) is 11.2 Å². The Morgan fingerprint density at radius 1 is 1.65 bits per heavy atom. The SMILES string of the molecule is COCCC1(CNc2nc[nH]c(=O)c2N)CC1. The molecule has 0 spiro atoms. The number of ether oxygens (including phenoxy) is 1. The molecule has 1 aromatic rings. The zero-order chi connectivity index (χ0) is 12.3. The quantitative estimate of drug-likeness (QED) is 0.674. The zero-order valence-corrected chi connectivity index (χ0v) is 9.95. The van der Waals surface area contributed by atoms with Crippen molar-refractivity contribution in [3.8, 4) is 0 Å². The topological polar surface area (TPSA) is 93.0 Å². The first kappa shape index (κ1) is 11.9. The number of nitrogens with one attached hydrogen (secondary N) is 2. The third kappa shape index (κ3) is 2.76. The van der Waals surface area contributed by atoms with Gasteiger partial charge in [0.2, 0.25) is 0 Å². The fraction of sp³-hybridized carbons (Fsp3) is 0.636. The molecule has 17 heavy (non-hydrogen) atoms. The molecule has 1 saturated carbocycles. The van der Waals surface area contributed by atoms with E-state index in [1.807, 2.05) is 0 Å². The van der Waals surface area contributed by atoms with E-state index >= 15 is 0 Å². The monoisotopic (exact) mass is 238 g/mol. The molecule has 0 radical (unpaired) electrons. The number of nitrogens with zero attached hydrogens (tertiary/aromatic N) is 1. The van der Waals surface area contributed by atoms with Crippen molar-refractivity contribution in [3.63, 3.8) is 0 Å². The van der Waals surface area contributed by atoms with Crippen LogP contribution in [0, 0.1) is 5.41 Å². The Hall–Kier alpha value is -1.56. The Bertz CT molecular complexity index is 439. The molecule has 1 aliphatic rings. The molecule has 1 fully saturated rings. The number of hydrogen-bond acceptors (Lipinski definition) is 5. The summed E-state index contributed by atoms with van der Waals surface area (Å²) in [6.07, 6.45) is 4.76. The second-order valence-corrected chi connectivity index (χ2v) is 4.59. The molecule has 2 rings (SSSR count). The van der Waals surface area contributed by atoms with Crippen LogP contribution in [0.2, 0.25) is 0 Å². The summed E-state index contributed by atoms with van der Waals surface area (Å²) in [6.45, 7) is 1.55. The summed E-state index contributed by atoms with van der Waals surface area (Å²) in [5.41, 5.74) is 5.78. The fourth-order valence-corrected chi connectivity index (χ4v) is 1.83. The number of anilines is 2. The summed E-state index contributed by atoms with van der Waals surface area (Å²) in [7, 11) is 1.71. The molecule has 0 atom stereocenters. The number of nitrogen functional groups attached to an aromatic ring is 1. The molecule has 0 aliphatic heterocycles. The van der Waals surface area contributed by atoms with Gasteiger partial charge in [-0.3, -0.25) is 4.79 Å². The van der Waals surface area contributed by atoms with Crippen molar-refractivity contribution in [3.05, 3.63) is 16.7 Å². The number of nitrogens with two attached hydrogens (primary N) is 1. The molecular formula is C11H18N4O2. The minimum atomic E-state index is -0.302. The summed E-state index contributed by atoms with van der Waals surface area (Å²) in [5.74, 6) is 0.470. The van der Waals surface area contributed by atoms with E-state index in [0.717, 1.165) is 19.6 Å². The smallest absolute Gasteiger partial charge is 0.276 e. The van der Waals surface area contributed by atoms with E-state index in [-0.39, 0.29) is 11.2 Å². The molecule has 0 aromatic carbocycles. The average Bonchev–Trinajstić information content (AvgIpc) is 3.09. The maximum atomic E-state index is 11.3. The molecule has 1 heterocycles. The number of methoxy groups -OCH3 is 1. The van der Waals surface area contributed by atoms with E-state index in [9.17, 15) is 4.79 Å². The number of aromatic amines is 1. The van der Waals surface area contributed by atoms with Crippen LogP contribution in [-0.4, -0.2) is 30.2 Å². The van der Waals surface area contributed by atoms with Crippen LogP contribution < -0.4 is 16.6 Å². The van der Waals surface area contributed by atoms with Crippen molar-refractivity contribution in [1.29, 1.82) is 0 Å². The normalized spacial score (nSPS) is 16.8. The van der Waals surface area contributed by atoms with Crippen molar-refractivity contribution in [1.82, 2.24) is 9.97 Å². The molecule has 0 bridgehead atoms. The summed E-state index contributed by atoms with van der Waals surface area (Å²) >= 11 is 0. The highest BCUT2D eigenvalue weighted by molar-refractivity contribution is 5.59. The van der Waals surface area contributed by atoms with E-state index in [1.54, 1.807) is 7.11 Å². The lowest BCUT2D eigenvalue weighted by atomic mass is 10.0. The lowest BCUT2D eigenvalue weighted by molar-refractivity contribution is 0.175. The van der Waals surface area contributed by atoms with E-state index < -0.39 is 0 Å². The number of hydrogen-bond donors (Lipinski definition) is 3. The van der Waals surface area contributed by atoms with Gasteiger partial charge in [-0.1, -0.05) is 0 Å². The highest BCUT2D eigenvalue weighted by Crippen LogP contribution is 2.48. The van der Waals surface area contributed by atoms with Crippen LogP contribution in [0.3, 0.4) is 0 Å². The van der Waals surface area contributed by atoms with Gasteiger partial charge in [0.05, 0.1) is 6.33 Å². The zero-order valence-electron chi connectivity index (χ0n) is 9.95. The standard InChI is InChI=1S/C11H18N4O2/c1-17-5-4-11(2-3-11)6-13-9-8(12)10(16)15-7-14-9/h7H,2-6,12H2,1H3,(H2,13,14,15,16). The van der Waals surface area contributed by atoms with E-state index in [4.69, 9.17) is 10.5 Å². The van der Waals surface area contributed by atoms with Gasteiger partial charge in [0, 0.05) is 20.3 Å². The van der Waals surface area contributed by atoms with Crippen molar-refractivity contribution in [2.75, 3.05) is 31.3 Å². The molecule has 0 amide bonds. The largest absolute Gasteiger partial charge is 0.391 e. The van der Waals surface area contributed by atoms with Crippen LogP contribution in [0.25, 0.3) is 0 Å². The van der Waals surface area contributed by atoms with Crippen molar-refractivity contribution in [2.24, 2.45) is 5.41 Å². The van der Waals surface area contributed by atoms with Crippen LogP contribution in [0.4, 0.5) is 11.5 Å². The second kappa shape index (κ2) is 4.75. The number of aromatic nitrogens is 2. The summed E-state index contributed by atoms with van der Waals surface area (Å²) in [4.78, 5) is 17.7. The lowest BCUT2D eigenvalue weighted by Crippen LogP contribution is -2.21. The Morgan fingerprint density at radius 2 is 2.41 bits per heavy atom. The molecule has 94 valence electrons. The maximum Gasteiger partial charge on any atom is 0.276 e. The molecule has 4 N–H and O–H groups in total. The third-order valence-electron chi connectivity index (χ3n) is 3.31. The van der Waals surface area contributed by atoms with Gasteiger partial charge in [-0.15, -0.1) is 0 Å². The molecular weight excluding hydrogens is 220 g/mol. The van der Waals surface area contributed by atoms with Gasteiger partial charge in [-0.05, 0) is 24.7 Å². The van der Waals surface area contributed by atoms with Gasteiger partial charge in [0.1, 0.15) is 5.69 Å². The molecule has 6 heteroatoms. The van der Waals surface area contributed by atoms with Gasteiger partial charge in [0.15, 0.2) is 5.82 Å². The lowest BCUT2D eigenvalue weighted by Gasteiger charge is -2.16. The molecule has 1 aliphatic carbocycles. The molecule has 0 saturated heterocycles. The van der Waals surface area contributed by atoms with Gasteiger partial charge < -0.3 is 20.8 Å². The highest BCUT2D eigenvalue weighted by atomic mass is 16.5. The van der Waals surface area contributed by atoms with Gasteiger partial charge in [0.25, 0.3) is 5.56 Å². The van der Waals surface area contributed by atoms with Gasteiger partial charge in [-0.2, -0.15) is 0 Å². The molecule has 0 unspecified atom stereocenters. The van der Waals surface area contributed by atoms with Gasteiger partial charge in [-0.25, -0.2) is 4.98 Å². The summed E-state index contributed by atoms with van der Waals surface area (Å²) in [6, 6.07) is 0. The van der Waals surface area contributed by atoms with Crippen LogP contribution >= 0.6 is 0 Å². The Balaban J connectivity index is 1.94. The first-order valence-electron chi connectivity index (χ1n) is 5.73. The van der Waals surface area contributed by atoms with Gasteiger partial charge >= 0.3 is 0 Å². The van der Waals surface area contributed by atoms with Crippen LogP contribution in [0.5, 0.6) is 0 Å². The van der Waals surface area contributed by atoms with Crippen molar-refractivity contribution >= 4 is 11.5 Å². The highest BCUT2D eigenvalue weighted by Gasteiger charge is 2.41. The average molecular weight is 238 g/mol. The number of H-pyrrole nitrogens is 1. The van der Waals surface area contributed by atoms with Crippen LogP contribution in [-0.2, 0) is 4.74 Å². The third-order valence-corrected chi connectivity index (χ3v) is 3.31. The number of rotatable bonds is 6. The van der Waals surface area contributed by atoms with Crippen molar-refractivity contribution < 1.29 is 4.74 Å². The minimum absolute atomic E-state index is 0.148. The molecule has 6 nitrogen and oxygen atoms in total. The maximum absolute atomic E-state index is 11.3. The minimum Gasteiger partial charge on any atom is -0.391 e.